The Balaban J connectivity index is 2.17. The monoisotopic (exact) mass is 201 g/mol. The molecule has 1 saturated heterocycles. The standard InChI is InChI=1S/C14H19N/c1-10-13-9-11-5-3-4-6-12(11)14(10,2)7-8-15-13/h3-6,10,13,15H,7-9H2,1-2H3/t10?,13-,14-/m1/s1. The highest BCUT2D eigenvalue weighted by atomic mass is 14.9. The van der Waals surface area contributed by atoms with Crippen LogP contribution in [0.1, 0.15) is 31.4 Å². The second-order valence-corrected chi connectivity index (χ2v) is 5.38. The number of piperidine rings is 1. The van der Waals surface area contributed by atoms with Crippen molar-refractivity contribution >= 4 is 0 Å². The van der Waals surface area contributed by atoms with Crippen LogP contribution in [0.25, 0.3) is 0 Å². The van der Waals surface area contributed by atoms with Gasteiger partial charge in [-0.2, -0.15) is 0 Å². The summed E-state index contributed by atoms with van der Waals surface area (Å²) in [5.74, 6) is 0.765. The molecule has 1 fully saturated rings. The Morgan fingerprint density at radius 3 is 3.00 bits per heavy atom. The van der Waals surface area contributed by atoms with E-state index in [2.05, 4.69) is 43.4 Å². The van der Waals surface area contributed by atoms with Crippen LogP contribution in [0.15, 0.2) is 24.3 Å². The van der Waals surface area contributed by atoms with Gasteiger partial charge in [-0.3, -0.25) is 0 Å². The molecule has 0 spiro atoms. The number of fused-ring (bicyclic) bond motifs is 4. The summed E-state index contributed by atoms with van der Waals surface area (Å²) in [7, 11) is 0. The third-order valence-corrected chi connectivity index (χ3v) is 4.73. The molecule has 0 aromatic heterocycles. The first-order chi connectivity index (χ1) is 7.22. The summed E-state index contributed by atoms with van der Waals surface area (Å²) in [6.07, 6.45) is 2.49. The topological polar surface area (TPSA) is 12.0 Å². The average Bonchev–Trinajstić information content (AvgIpc) is 2.23. The lowest BCUT2D eigenvalue weighted by atomic mass is 9.60. The van der Waals surface area contributed by atoms with E-state index in [-0.39, 0.29) is 0 Å². The number of benzene rings is 1. The van der Waals surface area contributed by atoms with E-state index in [0.717, 1.165) is 5.92 Å². The van der Waals surface area contributed by atoms with Gasteiger partial charge >= 0.3 is 0 Å². The summed E-state index contributed by atoms with van der Waals surface area (Å²) >= 11 is 0. The van der Waals surface area contributed by atoms with E-state index in [1.165, 1.54) is 19.4 Å². The van der Waals surface area contributed by atoms with Crippen molar-refractivity contribution in [2.75, 3.05) is 6.54 Å². The van der Waals surface area contributed by atoms with E-state index in [4.69, 9.17) is 0 Å². The molecule has 1 nitrogen and oxygen atoms in total. The maximum Gasteiger partial charge on any atom is 0.0142 e. The predicted molar refractivity (Wildman–Crippen MR) is 63.1 cm³/mol. The summed E-state index contributed by atoms with van der Waals surface area (Å²) in [6.45, 7) is 6.04. The first-order valence-electron chi connectivity index (χ1n) is 6.03. The van der Waals surface area contributed by atoms with Gasteiger partial charge < -0.3 is 5.32 Å². The highest BCUT2D eigenvalue weighted by molar-refractivity contribution is 5.39. The lowest BCUT2D eigenvalue weighted by Gasteiger charge is -2.50. The Bertz CT molecular complexity index is 385. The lowest BCUT2D eigenvalue weighted by Crippen LogP contribution is -2.56. The lowest BCUT2D eigenvalue weighted by molar-refractivity contribution is 0.158. The summed E-state index contributed by atoms with van der Waals surface area (Å²) in [6, 6.07) is 9.71. The van der Waals surface area contributed by atoms with Crippen molar-refractivity contribution in [2.45, 2.75) is 38.1 Å². The molecule has 1 N–H and O–H groups in total. The molecule has 1 aromatic carbocycles. The zero-order chi connectivity index (χ0) is 10.5. The average molecular weight is 201 g/mol. The van der Waals surface area contributed by atoms with Crippen LogP contribution in [0, 0.1) is 5.92 Å². The van der Waals surface area contributed by atoms with Crippen LogP contribution < -0.4 is 5.32 Å². The van der Waals surface area contributed by atoms with Crippen molar-refractivity contribution in [3.05, 3.63) is 35.4 Å². The fourth-order valence-electron chi connectivity index (χ4n) is 3.49. The predicted octanol–water partition coefficient (Wildman–Crippen LogP) is 2.50. The zero-order valence-corrected chi connectivity index (χ0v) is 9.59. The molecule has 0 radical (unpaired) electrons. The Labute approximate surface area is 91.9 Å². The molecular weight excluding hydrogens is 182 g/mol. The molecule has 3 rings (SSSR count). The summed E-state index contributed by atoms with van der Waals surface area (Å²) in [5, 5.41) is 3.67. The minimum Gasteiger partial charge on any atom is -0.313 e. The van der Waals surface area contributed by atoms with E-state index in [0.29, 0.717) is 11.5 Å². The third kappa shape index (κ3) is 1.19. The second kappa shape index (κ2) is 3.08. The van der Waals surface area contributed by atoms with Crippen LogP contribution >= 0.6 is 0 Å². The van der Waals surface area contributed by atoms with E-state index in [9.17, 15) is 0 Å². The molecule has 80 valence electrons. The Morgan fingerprint density at radius 2 is 2.13 bits per heavy atom. The number of hydrogen-bond acceptors (Lipinski definition) is 1. The molecule has 1 heteroatoms. The van der Waals surface area contributed by atoms with Crippen LogP contribution in [0.5, 0.6) is 0 Å². The quantitative estimate of drug-likeness (QED) is 0.680. The van der Waals surface area contributed by atoms with Gasteiger partial charge in [0.05, 0.1) is 0 Å². The highest BCUT2D eigenvalue weighted by Crippen LogP contribution is 2.45. The van der Waals surface area contributed by atoms with Crippen LogP contribution in [-0.2, 0) is 11.8 Å². The van der Waals surface area contributed by atoms with Gasteiger partial charge in [0.15, 0.2) is 0 Å². The van der Waals surface area contributed by atoms with Crippen molar-refractivity contribution < 1.29 is 0 Å². The fraction of sp³-hybridized carbons (Fsp3) is 0.571. The summed E-state index contributed by atoms with van der Waals surface area (Å²) in [4.78, 5) is 0. The van der Waals surface area contributed by atoms with Gasteiger partial charge in [-0.1, -0.05) is 38.1 Å². The maximum absolute atomic E-state index is 3.67. The minimum atomic E-state index is 0.408. The van der Waals surface area contributed by atoms with Gasteiger partial charge in [0.25, 0.3) is 0 Å². The van der Waals surface area contributed by atoms with Crippen LogP contribution in [0.3, 0.4) is 0 Å². The van der Waals surface area contributed by atoms with Gasteiger partial charge in [0.2, 0.25) is 0 Å². The largest absolute Gasteiger partial charge is 0.313 e. The van der Waals surface area contributed by atoms with Crippen LogP contribution in [-0.4, -0.2) is 12.6 Å². The van der Waals surface area contributed by atoms with E-state index < -0.39 is 0 Å². The fourth-order valence-corrected chi connectivity index (χ4v) is 3.49. The SMILES string of the molecule is CC1[C@H]2Cc3ccccc3[C@]1(C)CCN2. The first kappa shape index (κ1) is 9.41. The number of hydrogen-bond donors (Lipinski definition) is 1. The Morgan fingerprint density at radius 1 is 1.33 bits per heavy atom. The molecule has 1 aliphatic heterocycles. The third-order valence-electron chi connectivity index (χ3n) is 4.73. The van der Waals surface area contributed by atoms with Crippen molar-refractivity contribution in [3.63, 3.8) is 0 Å². The van der Waals surface area contributed by atoms with Crippen molar-refractivity contribution in [1.29, 1.82) is 0 Å². The molecule has 1 aliphatic carbocycles. The van der Waals surface area contributed by atoms with Crippen molar-refractivity contribution in [3.8, 4) is 0 Å². The highest BCUT2D eigenvalue weighted by Gasteiger charge is 2.44. The van der Waals surface area contributed by atoms with Crippen LogP contribution in [0.4, 0.5) is 0 Å². The van der Waals surface area contributed by atoms with E-state index in [1.54, 1.807) is 11.1 Å². The Hall–Kier alpha value is -0.820. The molecule has 2 bridgehead atoms. The molecule has 2 aliphatic rings. The van der Waals surface area contributed by atoms with Gasteiger partial charge in [-0.15, -0.1) is 0 Å². The molecule has 1 unspecified atom stereocenters. The minimum absolute atomic E-state index is 0.408. The van der Waals surface area contributed by atoms with Gasteiger partial charge in [-0.05, 0) is 41.8 Å². The van der Waals surface area contributed by atoms with Crippen LogP contribution in [0.2, 0.25) is 0 Å². The van der Waals surface area contributed by atoms with Gasteiger partial charge in [0, 0.05) is 6.04 Å². The maximum atomic E-state index is 3.67. The number of nitrogens with one attached hydrogen (secondary N) is 1. The second-order valence-electron chi connectivity index (χ2n) is 5.38. The Kier molecular flexibility index (Phi) is 1.93. The first-order valence-corrected chi connectivity index (χ1v) is 6.03. The number of rotatable bonds is 0. The summed E-state index contributed by atoms with van der Waals surface area (Å²) < 4.78 is 0. The molecular formula is C14H19N. The van der Waals surface area contributed by atoms with Gasteiger partial charge in [0.1, 0.15) is 0 Å². The molecule has 1 heterocycles. The molecule has 15 heavy (non-hydrogen) atoms. The van der Waals surface area contributed by atoms with Crippen molar-refractivity contribution in [2.24, 2.45) is 5.92 Å². The molecule has 1 aromatic rings. The van der Waals surface area contributed by atoms with E-state index >= 15 is 0 Å². The zero-order valence-electron chi connectivity index (χ0n) is 9.59. The van der Waals surface area contributed by atoms with Crippen molar-refractivity contribution in [1.82, 2.24) is 5.32 Å². The normalized spacial score (nSPS) is 38.5. The molecule has 0 saturated carbocycles. The smallest absolute Gasteiger partial charge is 0.0142 e. The van der Waals surface area contributed by atoms with Gasteiger partial charge in [-0.25, -0.2) is 0 Å². The van der Waals surface area contributed by atoms with E-state index in [1.807, 2.05) is 0 Å². The molecule has 0 amide bonds. The summed E-state index contributed by atoms with van der Waals surface area (Å²) in [5.41, 5.74) is 3.58. The molecule has 3 atom stereocenters.